The molecule has 2 aliphatic rings. The van der Waals surface area contributed by atoms with E-state index in [1.165, 1.54) is 38.5 Å². The molecule has 0 saturated heterocycles. The highest BCUT2D eigenvalue weighted by Gasteiger charge is 2.43. The molecule has 0 aromatic rings. The van der Waals surface area contributed by atoms with Gasteiger partial charge in [-0.05, 0) is 23.5 Å². The van der Waals surface area contributed by atoms with E-state index in [-0.39, 0.29) is 0 Å². The molecule has 0 N–H and O–H groups in total. The predicted octanol–water partition coefficient (Wildman–Crippen LogP) is 4.00. The summed E-state index contributed by atoms with van der Waals surface area (Å²) < 4.78 is 5.86. The van der Waals surface area contributed by atoms with Crippen LogP contribution in [0.2, 0.25) is 11.6 Å². The van der Waals surface area contributed by atoms with Gasteiger partial charge in [0.05, 0.1) is 0 Å². The Morgan fingerprint density at radius 3 is 1.60 bits per heavy atom. The molecule has 0 spiro atoms. The maximum Gasteiger partial charge on any atom is 0.299 e. The molecule has 0 bridgehead atoms. The van der Waals surface area contributed by atoms with Crippen molar-refractivity contribution in [2.24, 2.45) is 11.8 Å². The molecule has 0 amide bonds. The molecule has 0 aromatic carbocycles. The zero-order valence-corrected chi connectivity index (χ0v) is 10.5. The lowest BCUT2D eigenvalue weighted by Crippen LogP contribution is -2.32. The van der Waals surface area contributed by atoms with E-state index in [9.17, 15) is 0 Å². The van der Waals surface area contributed by atoms with Crippen molar-refractivity contribution >= 4 is 6.92 Å². The van der Waals surface area contributed by atoms with Gasteiger partial charge in [-0.1, -0.05) is 52.4 Å². The lowest BCUT2D eigenvalue weighted by Gasteiger charge is -2.29. The van der Waals surface area contributed by atoms with Crippen molar-refractivity contribution in [3.05, 3.63) is 0 Å². The van der Waals surface area contributed by atoms with Crippen LogP contribution in [0.3, 0.4) is 0 Å². The Morgan fingerprint density at radius 1 is 0.867 bits per heavy atom. The average Bonchev–Trinajstić information content (AvgIpc) is 2.80. The Bertz CT molecular complexity index is 187. The van der Waals surface area contributed by atoms with Gasteiger partial charge in [-0.25, -0.2) is 0 Å². The molecule has 4 atom stereocenters. The standard InChI is InChI=1S/C13H25BO/c1-10-6-4-8-12(10)14(15-3)13-9-5-7-11(13)2/h10-13H,4-9H2,1-3H3/t10-,11-,12-,13-/m0/s1. The van der Waals surface area contributed by atoms with Crippen molar-refractivity contribution in [1.82, 2.24) is 0 Å². The van der Waals surface area contributed by atoms with Crippen molar-refractivity contribution in [2.75, 3.05) is 7.11 Å². The summed E-state index contributed by atoms with van der Waals surface area (Å²) in [6.07, 6.45) is 8.50. The van der Waals surface area contributed by atoms with E-state index in [1.54, 1.807) is 0 Å². The quantitative estimate of drug-likeness (QED) is 0.637. The van der Waals surface area contributed by atoms with Gasteiger partial charge in [0, 0.05) is 7.11 Å². The third-order valence-corrected chi connectivity index (χ3v) is 4.97. The lowest BCUT2D eigenvalue weighted by molar-refractivity contribution is 0.367. The van der Waals surface area contributed by atoms with Crippen LogP contribution in [0.4, 0.5) is 0 Å². The molecule has 1 nitrogen and oxygen atoms in total. The van der Waals surface area contributed by atoms with E-state index in [1.807, 2.05) is 7.11 Å². The fourth-order valence-electron chi connectivity index (χ4n) is 3.99. The van der Waals surface area contributed by atoms with Crippen LogP contribution in [0.5, 0.6) is 0 Å². The Labute approximate surface area is 95.1 Å². The van der Waals surface area contributed by atoms with Gasteiger partial charge < -0.3 is 4.65 Å². The first-order valence-corrected chi connectivity index (χ1v) is 6.76. The van der Waals surface area contributed by atoms with E-state index in [0.717, 1.165) is 23.5 Å². The average molecular weight is 208 g/mol. The SMILES string of the molecule is COB([C@H]1CCC[C@@H]1C)[C@H]1CCC[C@@H]1C. The summed E-state index contributed by atoms with van der Waals surface area (Å²) in [5.74, 6) is 3.48. The van der Waals surface area contributed by atoms with Gasteiger partial charge >= 0.3 is 0 Å². The smallest absolute Gasteiger partial charge is 0.299 e. The summed E-state index contributed by atoms with van der Waals surface area (Å²) in [5.41, 5.74) is 0. The lowest BCUT2D eigenvalue weighted by atomic mass is 9.43. The molecular weight excluding hydrogens is 183 g/mol. The van der Waals surface area contributed by atoms with Crippen LogP contribution in [0, 0.1) is 11.8 Å². The zero-order chi connectivity index (χ0) is 10.8. The number of hydrogen-bond acceptors (Lipinski definition) is 1. The fraction of sp³-hybridized carbons (Fsp3) is 1.00. The minimum atomic E-state index is 0.556. The van der Waals surface area contributed by atoms with Crippen molar-refractivity contribution in [3.8, 4) is 0 Å². The van der Waals surface area contributed by atoms with Crippen LogP contribution in [-0.4, -0.2) is 14.0 Å². The van der Waals surface area contributed by atoms with Crippen LogP contribution in [0.1, 0.15) is 52.4 Å². The molecular formula is C13H25BO. The summed E-state index contributed by atoms with van der Waals surface area (Å²) in [5, 5.41) is 0. The minimum Gasteiger partial charge on any atom is -0.438 e. The molecule has 86 valence electrons. The van der Waals surface area contributed by atoms with Crippen molar-refractivity contribution in [2.45, 2.75) is 64.0 Å². The van der Waals surface area contributed by atoms with E-state index >= 15 is 0 Å². The second-order valence-corrected chi connectivity index (χ2v) is 5.84. The highest BCUT2D eigenvalue weighted by molar-refractivity contribution is 6.55. The molecule has 0 unspecified atom stereocenters. The molecule has 2 aliphatic carbocycles. The third-order valence-electron chi connectivity index (χ3n) is 4.97. The normalized spacial score (nSPS) is 41.0. The van der Waals surface area contributed by atoms with E-state index in [0.29, 0.717) is 6.92 Å². The molecule has 15 heavy (non-hydrogen) atoms. The van der Waals surface area contributed by atoms with Crippen LogP contribution >= 0.6 is 0 Å². The van der Waals surface area contributed by atoms with E-state index in [4.69, 9.17) is 4.65 Å². The fourth-order valence-corrected chi connectivity index (χ4v) is 3.99. The minimum absolute atomic E-state index is 0.556. The van der Waals surface area contributed by atoms with Crippen LogP contribution < -0.4 is 0 Å². The number of hydrogen-bond donors (Lipinski definition) is 0. The Hall–Kier alpha value is 0.0249. The molecule has 2 saturated carbocycles. The van der Waals surface area contributed by atoms with Gasteiger partial charge in [-0.15, -0.1) is 0 Å². The molecule has 2 rings (SSSR count). The molecule has 2 fully saturated rings. The highest BCUT2D eigenvalue weighted by Crippen LogP contribution is 2.48. The number of rotatable bonds is 3. The second-order valence-electron chi connectivity index (χ2n) is 5.84. The Morgan fingerprint density at radius 2 is 1.33 bits per heavy atom. The topological polar surface area (TPSA) is 9.23 Å². The largest absolute Gasteiger partial charge is 0.438 e. The highest BCUT2D eigenvalue weighted by atomic mass is 16.4. The first kappa shape index (κ1) is 11.5. The van der Waals surface area contributed by atoms with Gasteiger partial charge in [0.25, 0.3) is 6.92 Å². The molecule has 0 heterocycles. The Kier molecular flexibility index (Phi) is 3.76. The summed E-state index contributed by atoms with van der Waals surface area (Å²) in [4.78, 5) is 0. The zero-order valence-electron chi connectivity index (χ0n) is 10.5. The van der Waals surface area contributed by atoms with Crippen LogP contribution in [-0.2, 0) is 4.65 Å². The van der Waals surface area contributed by atoms with Crippen molar-refractivity contribution < 1.29 is 4.65 Å². The van der Waals surface area contributed by atoms with Gasteiger partial charge in [0.1, 0.15) is 0 Å². The first-order chi connectivity index (χ1) is 7.24. The first-order valence-electron chi connectivity index (χ1n) is 6.76. The van der Waals surface area contributed by atoms with Gasteiger partial charge in [-0.3, -0.25) is 0 Å². The van der Waals surface area contributed by atoms with Gasteiger partial charge in [0.2, 0.25) is 0 Å². The summed E-state index contributed by atoms with van der Waals surface area (Å²) >= 11 is 0. The predicted molar refractivity (Wildman–Crippen MR) is 66.3 cm³/mol. The van der Waals surface area contributed by atoms with Crippen LogP contribution in [0.25, 0.3) is 0 Å². The molecule has 0 aliphatic heterocycles. The second kappa shape index (κ2) is 4.90. The van der Waals surface area contributed by atoms with Crippen molar-refractivity contribution in [3.63, 3.8) is 0 Å². The molecule has 2 heteroatoms. The summed E-state index contributed by atoms with van der Waals surface area (Å²) in [6.45, 7) is 5.40. The van der Waals surface area contributed by atoms with E-state index < -0.39 is 0 Å². The maximum absolute atomic E-state index is 5.86. The van der Waals surface area contributed by atoms with Crippen LogP contribution in [0.15, 0.2) is 0 Å². The third kappa shape index (κ3) is 2.25. The van der Waals surface area contributed by atoms with Crippen molar-refractivity contribution in [1.29, 1.82) is 0 Å². The summed E-state index contributed by atoms with van der Waals surface area (Å²) in [7, 11) is 1.93. The van der Waals surface area contributed by atoms with E-state index in [2.05, 4.69) is 13.8 Å². The van der Waals surface area contributed by atoms with Gasteiger partial charge in [0.15, 0.2) is 0 Å². The molecule has 0 radical (unpaired) electrons. The maximum atomic E-state index is 5.86. The summed E-state index contributed by atoms with van der Waals surface area (Å²) in [6, 6.07) is 0. The molecule has 0 aromatic heterocycles. The Balaban J connectivity index is 2.02. The monoisotopic (exact) mass is 208 g/mol. The van der Waals surface area contributed by atoms with Gasteiger partial charge in [-0.2, -0.15) is 0 Å².